The predicted octanol–water partition coefficient (Wildman–Crippen LogP) is 2.06. The summed E-state index contributed by atoms with van der Waals surface area (Å²) in [6.07, 6.45) is 0. The minimum absolute atomic E-state index is 0.269. The average molecular weight is 226 g/mol. The maximum Gasteiger partial charge on any atom is 0.309 e. The Morgan fingerprint density at radius 1 is 1.50 bits per heavy atom. The number of aliphatic hydroxyl groups is 1. The van der Waals surface area contributed by atoms with E-state index in [1.54, 1.807) is 6.92 Å². The highest BCUT2D eigenvalue weighted by Crippen LogP contribution is 2.30. The molecule has 3 nitrogen and oxygen atoms in total. The van der Waals surface area contributed by atoms with E-state index in [-0.39, 0.29) is 5.56 Å². The Kier molecular flexibility index (Phi) is 3.33. The van der Waals surface area contributed by atoms with Crippen molar-refractivity contribution in [1.29, 1.82) is 0 Å². The van der Waals surface area contributed by atoms with Gasteiger partial charge in [-0.2, -0.15) is 0 Å². The first kappa shape index (κ1) is 12.6. The Bertz CT molecular complexity index is 413. The molecule has 0 heterocycles. The molecule has 0 aromatic heterocycles. The molecule has 0 aliphatic rings. The molecule has 2 atom stereocenters. The maximum atomic E-state index is 13.3. The van der Waals surface area contributed by atoms with Gasteiger partial charge in [-0.1, -0.05) is 12.1 Å². The summed E-state index contributed by atoms with van der Waals surface area (Å²) in [6, 6.07) is 4.24. The van der Waals surface area contributed by atoms with Gasteiger partial charge < -0.3 is 10.2 Å². The van der Waals surface area contributed by atoms with Crippen LogP contribution in [0.2, 0.25) is 0 Å². The van der Waals surface area contributed by atoms with Crippen molar-refractivity contribution < 1.29 is 19.4 Å². The molecule has 2 unspecified atom stereocenters. The fraction of sp³-hybridized carbons (Fsp3) is 0.417. The van der Waals surface area contributed by atoms with Crippen LogP contribution in [0.25, 0.3) is 0 Å². The number of aliphatic carboxylic acids is 1. The number of rotatable bonds is 3. The van der Waals surface area contributed by atoms with Crippen LogP contribution < -0.4 is 0 Å². The monoisotopic (exact) mass is 226 g/mol. The smallest absolute Gasteiger partial charge is 0.309 e. The van der Waals surface area contributed by atoms with Gasteiger partial charge in [-0.05, 0) is 38.0 Å². The highest BCUT2D eigenvalue weighted by molar-refractivity contribution is 5.71. The van der Waals surface area contributed by atoms with Crippen LogP contribution in [0.4, 0.5) is 4.39 Å². The summed E-state index contributed by atoms with van der Waals surface area (Å²) in [4.78, 5) is 10.8. The summed E-state index contributed by atoms with van der Waals surface area (Å²) >= 11 is 0. The minimum Gasteiger partial charge on any atom is -0.481 e. The molecule has 2 N–H and O–H groups in total. The van der Waals surface area contributed by atoms with Crippen LogP contribution in [0.1, 0.15) is 25.0 Å². The Hall–Kier alpha value is -1.42. The Balaban J connectivity index is 3.16. The Labute approximate surface area is 93.5 Å². The van der Waals surface area contributed by atoms with Gasteiger partial charge in [-0.25, -0.2) is 4.39 Å². The van der Waals surface area contributed by atoms with E-state index in [9.17, 15) is 14.3 Å². The van der Waals surface area contributed by atoms with E-state index in [1.165, 1.54) is 32.0 Å². The molecule has 0 fully saturated rings. The van der Waals surface area contributed by atoms with Crippen LogP contribution in [-0.2, 0) is 10.4 Å². The van der Waals surface area contributed by atoms with Crippen molar-refractivity contribution in [2.24, 2.45) is 5.92 Å². The first-order valence-electron chi connectivity index (χ1n) is 4.98. The third kappa shape index (κ3) is 2.22. The molecule has 0 amide bonds. The number of halogens is 1. The summed E-state index contributed by atoms with van der Waals surface area (Å²) in [5, 5.41) is 18.9. The van der Waals surface area contributed by atoms with Crippen molar-refractivity contribution in [2.75, 3.05) is 0 Å². The third-order valence-electron chi connectivity index (χ3n) is 2.97. The lowest BCUT2D eigenvalue weighted by atomic mass is 9.84. The lowest BCUT2D eigenvalue weighted by molar-refractivity contribution is -0.150. The molecule has 16 heavy (non-hydrogen) atoms. The summed E-state index contributed by atoms with van der Waals surface area (Å²) in [7, 11) is 0. The molecule has 0 bridgehead atoms. The maximum absolute atomic E-state index is 13.3. The van der Waals surface area contributed by atoms with E-state index in [0.717, 1.165) is 0 Å². The van der Waals surface area contributed by atoms with E-state index in [4.69, 9.17) is 5.11 Å². The Morgan fingerprint density at radius 3 is 2.50 bits per heavy atom. The molecule has 1 rings (SSSR count). The van der Waals surface area contributed by atoms with Gasteiger partial charge in [-0.3, -0.25) is 4.79 Å². The minimum atomic E-state index is -1.58. The lowest BCUT2D eigenvalue weighted by Crippen LogP contribution is -2.35. The number of carbonyl (C=O) groups is 1. The highest BCUT2D eigenvalue weighted by Gasteiger charge is 2.35. The van der Waals surface area contributed by atoms with Crippen molar-refractivity contribution in [3.05, 3.63) is 35.1 Å². The van der Waals surface area contributed by atoms with E-state index in [2.05, 4.69) is 0 Å². The molecular formula is C12H15FO3. The first-order chi connectivity index (χ1) is 7.26. The molecule has 0 saturated heterocycles. The molecule has 4 heteroatoms. The van der Waals surface area contributed by atoms with E-state index in [0.29, 0.717) is 5.56 Å². The summed E-state index contributed by atoms with van der Waals surface area (Å²) in [5.41, 5.74) is -0.853. The largest absolute Gasteiger partial charge is 0.481 e. The number of benzene rings is 1. The Morgan fingerprint density at radius 2 is 2.06 bits per heavy atom. The third-order valence-corrected chi connectivity index (χ3v) is 2.97. The SMILES string of the molecule is Cc1ccc(C(C)(O)C(C)C(=O)O)cc1F. The molecule has 0 aliphatic heterocycles. The number of carboxylic acids is 1. The van der Waals surface area contributed by atoms with Gasteiger partial charge in [0.1, 0.15) is 5.82 Å². The van der Waals surface area contributed by atoms with Crippen LogP contribution in [0.3, 0.4) is 0 Å². The van der Waals surface area contributed by atoms with Crippen molar-refractivity contribution in [3.63, 3.8) is 0 Å². The van der Waals surface area contributed by atoms with E-state index in [1.807, 2.05) is 0 Å². The second kappa shape index (κ2) is 4.22. The number of carboxylic acid groups (broad SMARTS) is 1. The quantitative estimate of drug-likeness (QED) is 0.829. The lowest BCUT2D eigenvalue weighted by Gasteiger charge is -2.28. The molecule has 88 valence electrons. The van der Waals surface area contributed by atoms with E-state index < -0.39 is 23.3 Å². The fourth-order valence-corrected chi connectivity index (χ4v) is 1.40. The van der Waals surface area contributed by atoms with Crippen LogP contribution in [0, 0.1) is 18.7 Å². The van der Waals surface area contributed by atoms with Crippen LogP contribution in [0.5, 0.6) is 0 Å². The average Bonchev–Trinajstić information content (AvgIpc) is 2.20. The molecule has 0 aliphatic carbocycles. The van der Waals surface area contributed by atoms with Crippen molar-refractivity contribution in [2.45, 2.75) is 26.4 Å². The second-order valence-electron chi connectivity index (χ2n) is 4.17. The van der Waals surface area contributed by atoms with Gasteiger partial charge in [0.05, 0.1) is 11.5 Å². The molecule has 0 radical (unpaired) electrons. The van der Waals surface area contributed by atoms with Crippen molar-refractivity contribution in [3.8, 4) is 0 Å². The summed E-state index contributed by atoms with van der Waals surface area (Å²) < 4.78 is 13.3. The van der Waals surface area contributed by atoms with Crippen molar-refractivity contribution >= 4 is 5.97 Å². The zero-order chi connectivity index (χ0) is 12.5. The van der Waals surface area contributed by atoms with Gasteiger partial charge in [0.25, 0.3) is 0 Å². The van der Waals surface area contributed by atoms with Gasteiger partial charge in [0.2, 0.25) is 0 Å². The summed E-state index contributed by atoms with van der Waals surface area (Å²) in [6.45, 7) is 4.37. The van der Waals surface area contributed by atoms with Gasteiger partial charge in [0.15, 0.2) is 0 Å². The predicted molar refractivity (Wildman–Crippen MR) is 57.5 cm³/mol. The zero-order valence-electron chi connectivity index (χ0n) is 9.49. The standard InChI is InChI=1S/C12H15FO3/c1-7-4-5-9(6-10(7)13)12(3,16)8(2)11(14)15/h4-6,8,16H,1-3H3,(H,14,15). The van der Waals surface area contributed by atoms with Crippen LogP contribution >= 0.6 is 0 Å². The van der Waals surface area contributed by atoms with Crippen LogP contribution in [0.15, 0.2) is 18.2 Å². The molecule has 0 saturated carbocycles. The number of aryl methyl sites for hydroxylation is 1. The molecular weight excluding hydrogens is 211 g/mol. The van der Waals surface area contributed by atoms with Gasteiger partial charge in [-0.15, -0.1) is 0 Å². The van der Waals surface area contributed by atoms with Gasteiger partial charge >= 0.3 is 5.97 Å². The highest BCUT2D eigenvalue weighted by atomic mass is 19.1. The molecule has 1 aromatic carbocycles. The number of hydrogen-bond donors (Lipinski definition) is 2. The second-order valence-corrected chi connectivity index (χ2v) is 4.17. The molecule has 0 spiro atoms. The molecule has 1 aromatic rings. The first-order valence-corrected chi connectivity index (χ1v) is 4.98. The topological polar surface area (TPSA) is 57.5 Å². The van der Waals surface area contributed by atoms with E-state index >= 15 is 0 Å². The summed E-state index contributed by atoms with van der Waals surface area (Å²) in [5.74, 6) is -2.57. The zero-order valence-corrected chi connectivity index (χ0v) is 9.49. The normalized spacial score (nSPS) is 16.6. The number of hydrogen-bond acceptors (Lipinski definition) is 2. The fourth-order valence-electron chi connectivity index (χ4n) is 1.40. The van der Waals surface area contributed by atoms with Crippen LogP contribution in [-0.4, -0.2) is 16.2 Å². The van der Waals surface area contributed by atoms with Crippen molar-refractivity contribution in [1.82, 2.24) is 0 Å². The van der Waals surface area contributed by atoms with Gasteiger partial charge in [0, 0.05) is 0 Å².